The molecule has 2 aliphatic rings. The third-order valence-corrected chi connectivity index (χ3v) is 8.42. The van der Waals surface area contributed by atoms with E-state index in [1.165, 1.54) is 13.2 Å². The molecule has 8 heteroatoms. The van der Waals surface area contributed by atoms with Crippen molar-refractivity contribution < 1.29 is 39.4 Å². The van der Waals surface area contributed by atoms with Crippen LogP contribution in [0.3, 0.4) is 0 Å². The van der Waals surface area contributed by atoms with Crippen molar-refractivity contribution in [2.75, 3.05) is 7.11 Å². The van der Waals surface area contributed by atoms with Crippen molar-refractivity contribution in [1.29, 1.82) is 0 Å². The van der Waals surface area contributed by atoms with Gasteiger partial charge in [-0.2, -0.15) is 0 Å². The number of aryl methyl sites for hydroxylation is 1. The van der Waals surface area contributed by atoms with Gasteiger partial charge in [-0.15, -0.1) is 0 Å². The topological polar surface area (TPSA) is 126 Å². The van der Waals surface area contributed by atoms with Crippen molar-refractivity contribution >= 4 is 5.78 Å². The maximum atomic E-state index is 13.6. The number of carbonyl (C=O) groups excluding carboxylic acids is 1. The van der Waals surface area contributed by atoms with Gasteiger partial charge in [0.05, 0.1) is 25.7 Å². The normalized spacial score (nSPS) is 21.6. The number of hydrogen-bond donors (Lipinski definition) is 4. The van der Waals surface area contributed by atoms with Crippen LogP contribution in [0.25, 0.3) is 0 Å². The van der Waals surface area contributed by atoms with E-state index < -0.39 is 6.10 Å². The molecule has 4 N–H and O–H groups in total. The zero-order valence-corrected chi connectivity index (χ0v) is 23.8. The lowest BCUT2D eigenvalue weighted by Crippen LogP contribution is -2.29. The minimum Gasteiger partial charge on any atom is -0.508 e. The molecule has 222 valence electrons. The van der Waals surface area contributed by atoms with Crippen LogP contribution in [0.5, 0.6) is 34.5 Å². The number of phenolic OH excluding ortho intramolecular Hbond substituents is 4. The summed E-state index contributed by atoms with van der Waals surface area (Å²) in [5.74, 6) is 0.692. The number of ketones is 1. The van der Waals surface area contributed by atoms with E-state index in [0.717, 1.165) is 23.1 Å². The third kappa shape index (κ3) is 5.96. The van der Waals surface area contributed by atoms with Gasteiger partial charge in [-0.1, -0.05) is 36.4 Å². The van der Waals surface area contributed by atoms with Crippen LogP contribution < -0.4 is 9.47 Å². The van der Waals surface area contributed by atoms with Crippen molar-refractivity contribution in [2.45, 2.75) is 56.3 Å². The molecule has 0 radical (unpaired) electrons. The SMILES string of the molecule is COc1cc(O)c([C@@H]2C[C@H](CCc3ccc(O)cc3)O[C@H](c3ccc(O)cc3)C2)c2c1C(=O)CC(c1ccc(O)cc1)O2. The van der Waals surface area contributed by atoms with Crippen LogP contribution in [-0.4, -0.2) is 39.4 Å². The zero-order valence-electron chi connectivity index (χ0n) is 23.8. The van der Waals surface area contributed by atoms with Gasteiger partial charge in [0.2, 0.25) is 0 Å². The van der Waals surface area contributed by atoms with Gasteiger partial charge in [-0.3, -0.25) is 4.79 Å². The molecule has 43 heavy (non-hydrogen) atoms. The van der Waals surface area contributed by atoms with Gasteiger partial charge < -0.3 is 34.6 Å². The molecular weight excluding hydrogens is 548 g/mol. The Bertz CT molecular complexity index is 1600. The lowest BCUT2D eigenvalue weighted by atomic mass is 9.80. The Hall–Kier alpha value is -4.69. The summed E-state index contributed by atoms with van der Waals surface area (Å²) in [6.45, 7) is 0. The number of methoxy groups -OCH3 is 1. The van der Waals surface area contributed by atoms with Crippen molar-refractivity contribution in [1.82, 2.24) is 0 Å². The standard InChI is InChI=1S/C35H34O8/c1-41-32-19-28(39)33(35-34(32)29(40)18-31(43-35)22-7-13-26(38)14-8-22)23-16-27(15-4-20-2-9-24(36)10-3-20)42-30(17-23)21-5-11-25(37)12-6-21/h2-3,5-14,19,23,27,30-31,36-39H,4,15-18H2,1H3/t23-,27+,30+,31?/m1/s1. The lowest BCUT2D eigenvalue weighted by Gasteiger charge is -2.38. The first-order valence-corrected chi connectivity index (χ1v) is 14.4. The molecule has 2 aliphatic heterocycles. The van der Waals surface area contributed by atoms with Crippen molar-refractivity contribution in [3.8, 4) is 34.5 Å². The Balaban J connectivity index is 1.37. The van der Waals surface area contributed by atoms with Gasteiger partial charge in [0, 0.05) is 11.6 Å². The minimum absolute atomic E-state index is 0.0107. The van der Waals surface area contributed by atoms with E-state index in [0.29, 0.717) is 36.1 Å². The third-order valence-electron chi connectivity index (χ3n) is 8.42. The van der Waals surface area contributed by atoms with Gasteiger partial charge in [-0.25, -0.2) is 0 Å². The Labute approximate surface area is 249 Å². The lowest BCUT2D eigenvalue weighted by molar-refractivity contribution is -0.0634. The molecule has 1 fully saturated rings. The highest BCUT2D eigenvalue weighted by molar-refractivity contribution is 6.03. The fraction of sp³-hybridized carbons (Fsp3) is 0.286. The molecule has 4 aromatic carbocycles. The zero-order chi connectivity index (χ0) is 30.1. The van der Waals surface area contributed by atoms with Crippen LogP contribution in [0, 0.1) is 0 Å². The molecule has 0 spiro atoms. The maximum Gasteiger partial charge on any atom is 0.174 e. The number of fused-ring (bicyclic) bond motifs is 1. The molecule has 1 saturated heterocycles. The highest BCUT2D eigenvalue weighted by atomic mass is 16.5. The molecule has 0 amide bonds. The largest absolute Gasteiger partial charge is 0.508 e. The van der Waals surface area contributed by atoms with E-state index >= 15 is 0 Å². The average Bonchev–Trinajstić information content (AvgIpc) is 3.00. The second-order valence-electron chi connectivity index (χ2n) is 11.3. The predicted octanol–water partition coefficient (Wildman–Crippen LogP) is 6.86. The van der Waals surface area contributed by atoms with E-state index in [9.17, 15) is 25.2 Å². The highest BCUT2D eigenvalue weighted by Gasteiger charge is 2.40. The van der Waals surface area contributed by atoms with Gasteiger partial charge in [0.25, 0.3) is 0 Å². The van der Waals surface area contributed by atoms with Crippen molar-refractivity contribution in [2.24, 2.45) is 0 Å². The molecule has 2 heterocycles. The van der Waals surface area contributed by atoms with Gasteiger partial charge in [0.15, 0.2) is 5.78 Å². The Morgan fingerprint density at radius 3 is 1.98 bits per heavy atom. The van der Waals surface area contributed by atoms with Gasteiger partial charge >= 0.3 is 0 Å². The van der Waals surface area contributed by atoms with Crippen LogP contribution in [0.15, 0.2) is 78.9 Å². The molecule has 8 nitrogen and oxygen atoms in total. The van der Waals surface area contributed by atoms with Crippen LogP contribution in [-0.2, 0) is 11.2 Å². The summed E-state index contributed by atoms with van der Waals surface area (Å²) in [6.07, 6.45) is 1.52. The second kappa shape index (κ2) is 11.9. The smallest absolute Gasteiger partial charge is 0.174 e. The quantitative estimate of drug-likeness (QED) is 0.186. The Morgan fingerprint density at radius 1 is 0.791 bits per heavy atom. The van der Waals surface area contributed by atoms with Crippen LogP contribution in [0.4, 0.5) is 0 Å². The molecule has 4 aromatic rings. The molecule has 0 bridgehead atoms. The summed E-state index contributed by atoms with van der Waals surface area (Å²) in [6, 6.07) is 22.1. The number of Topliss-reactive ketones (excluding diaryl/α,β-unsaturated/α-hetero) is 1. The molecule has 6 rings (SSSR count). The van der Waals surface area contributed by atoms with E-state index in [-0.39, 0.29) is 59.1 Å². The van der Waals surface area contributed by atoms with Crippen LogP contribution in [0.1, 0.15) is 76.4 Å². The van der Waals surface area contributed by atoms with Crippen LogP contribution >= 0.6 is 0 Å². The first kappa shape index (κ1) is 28.4. The van der Waals surface area contributed by atoms with E-state index in [1.807, 2.05) is 24.3 Å². The first-order valence-electron chi connectivity index (χ1n) is 14.4. The van der Waals surface area contributed by atoms with E-state index in [1.54, 1.807) is 48.5 Å². The first-order chi connectivity index (χ1) is 20.8. The maximum absolute atomic E-state index is 13.6. The second-order valence-corrected chi connectivity index (χ2v) is 11.3. The van der Waals surface area contributed by atoms with Crippen molar-refractivity contribution in [3.63, 3.8) is 0 Å². The molecular formula is C35H34O8. The summed E-state index contributed by atoms with van der Waals surface area (Å²) in [4.78, 5) is 13.6. The number of phenols is 4. The van der Waals surface area contributed by atoms with Crippen LogP contribution in [0.2, 0.25) is 0 Å². The summed E-state index contributed by atoms with van der Waals surface area (Å²) in [5, 5.41) is 40.8. The minimum atomic E-state index is -0.594. The predicted molar refractivity (Wildman–Crippen MR) is 159 cm³/mol. The summed E-state index contributed by atoms with van der Waals surface area (Å²) >= 11 is 0. The molecule has 4 atom stereocenters. The fourth-order valence-electron chi connectivity index (χ4n) is 6.24. The number of ether oxygens (including phenoxy) is 3. The number of carbonyl (C=O) groups is 1. The molecule has 0 saturated carbocycles. The fourth-order valence-corrected chi connectivity index (χ4v) is 6.24. The molecule has 0 aliphatic carbocycles. The van der Waals surface area contributed by atoms with E-state index in [4.69, 9.17) is 14.2 Å². The number of aromatic hydroxyl groups is 4. The van der Waals surface area contributed by atoms with Gasteiger partial charge in [0.1, 0.15) is 46.2 Å². The highest BCUT2D eigenvalue weighted by Crippen LogP contribution is 2.53. The summed E-state index contributed by atoms with van der Waals surface area (Å²) in [5.41, 5.74) is 3.58. The number of rotatable bonds is 7. The molecule has 1 unspecified atom stereocenters. The van der Waals surface area contributed by atoms with Gasteiger partial charge in [-0.05, 0) is 84.7 Å². The number of hydrogen-bond acceptors (Lipinski definition) is 8. The molecule has 0 aromatic heterocycles. The summed E-state index contributed by atoms with van der Waals surface area (Å²) in [7, 11) is 1.46. The van der Waals surface area contributed by atoms with E-state index in [2.05, 4.69) is 0 Å². The Kier molecular flexibility index (Phi) is 7.86. The summed E-state index contributed by atoms with van der Waals surface area (Å²) < 4.78 is 18.6. The van der Waals surface area contributed by atoms with Crippen molar-refractivity contribution in [3.05, 3.63) is 107 Å². The average molecular weight is 583 g/mol. The monoisotopic (exact) mass is 582 g/mol. The number of benzene rings is 4. The Morgan fingerprint density at radius 2 is 1.37 bits per heavy atom.